The van der Waals surface area contributed by atoms with Crippen molar-refractivity contribution in [3.63, 3.8) is 0 Å². The van der Waals surface area contributed by atoms with Crippen molar-refractivity contribution in [2.24, 2.45) is 0 Å². The lowest BCUT2D eigenvalue weighted by Crippen LogP contribution is -2.33. The maximum Gasteiger partial charge on any atom is 0.238 e. The summed E-state index contributed by atoms with van der Waals surface area (Å²) in [6.07, 6.45) is 2.55. The van der Waals surface area contributed by atoms with E-state index in [0.29, 0.717) is 18.7 Å². The molecule has 1 aliphatic heterocycles. The molecule has 1 saturated heterocycles. The zero-order chi connectivity index (χ0) is 15.1. The fraction of sp³-hybridized carbons (Fsp3) is 0.467. The van der Waals surface area contributed by atoms with E-state index >= 15 is 0 Å². The molecular weight excluding hydrogens is 273 g/mol. The Bertz CT molecular complexity index is 501. The normalized spacial score (nSPS) is 14.2. The van der Waals surface area contributed by atoms with E-state index in [1.54, 1.807) is 6.07 Å². The van der Waals surface area contributed by atoms with Gasteiger partial charge in [-0.25, -0.2) is 4.39 Å². The van der Waals surface area contributed by atoms with Crippen LogP contribution in [0.15, 0.2) is 24.3 Å². The van der Waals surface area contributed by atoms with Crippen LogP contribution in [0.25, 0.3) is 0 Å². The SMILES string of the molecule is O=C(CNCCC(=O)N1CCCC1)Nc1cccc(F)c1. The molecule has 5 nitrogen and oxygen atoms in total. The van der Waals surface area contributed by atoms with Gasteiger partial charge in [0.25, 0.3) is 0 Å². The molecular formula is C15H20FN3O2. The van der Waals surface area contributed by atoms with Gasteiger partial charge in [-0.05, 0) is 31.0 Å². The Labute approximate surface area is 123 Å². The van der Waals surface area contributed by atoms with Gasteiger partial charge in [0.1, 0.15) is 5.82 Å². The van der Waals surface area contributed by atoms with Gasteiger partial charge in [0.05, 0.1) is 6.54 Å². The highest BCUT2D eigenvalue weighted by Crippen LogP contribution is 2.09. The minimum Gasteiger partial charge on any atom is -0.343 e. The number of anilines is 1. The molecule has 1 fully saturated rings. The number of carbonyl (C=O) groups is 2. The molecule has 2 rings (SSSR count). The Balaban J connectivity index is 1.62. The van der Waals surface area contributed by atoms with Gasteiger partial charge in [0.2, 0.25) is 11.8 Å². The lowest BCUT2D eigenvalue weighted by molar-refractivity contribution is -0.130. The van der Waals surface area contributed by atoms with Crippen molar-refractivity contribution in [3.05, 3.63) is 30.1 Å². The minimum absolute atomic E-state index is 0.101. The van der Waals surface area contributed by atoms with E-state index in [1.807, 2.05) is 4.90 Å². The third kappa shape index (κ3) is 5.15. The fourth-order valence-corrected chi connectivity index (χ4v) is 2.29. The molecule has 1 aromatic rings. The molecule has 0 aliphatic carbocycles. The van der Waals surface area contributed by atoms with Gasteiger partial charge in [-0.1, -0.05) is 6.07 Å². The maximum atomic E-state index is 13.0. The van der Waals surface area contributed by atoms with Crippen molar-refractivity contribution in [1.29, 1.82) is 0 Å². The molecule has 0 bridgehead atoms. The van der Waals surface area contributed by atoms with Crippen molar-refractivity contribution < 1.29 is 14.0 Å². The van der Waals surface area contributed by atoms with Gasteiger partial charge in [0, 0.05) is 31.7 Å². The van der Waals surface area contributed by atoms with Crippen LogP contribution in [0.5, 0.6) is 0 Å². The second kappa shape index (κ2) is 7.73. The van der Waals surface area contributed by atoms with Crippen LogP contribution in [0.4, 0.5) is 10.1 Å². The summed E-state index contributed by atoms with van der Waals surface area (Å²) in [5.41, 5.74) is 0.426. The Kier molecular flexibility index (Phi) is 5.68. The molecule has 21 heavy (non-hydrogen) atoms. The smallest absolute Gasteiger partial charge is 0.238 e. The molecule has 1 heterocycles. The number of hydrogen-bond acceptors (Lipinski definition) is 3. The predicted octanol–water partition coefficient (Wildman–Crippen LogP) is 1.37. The number of nitrogens with one attached hydrogen (secondary N) is 2. The number of benzene rings is 1. The fourth-order valence-electron chi connectivity index (χ4n) is 2.29. The summed E-state index contributed by atoms with van der Waals surface area (Å²) in [6, 6.07) is 5.73. The Morgan fingerprint density at radius 1 is 1.24 bits per heavy atom. The van der Waals surface area contributed by atoms with E-state index in [2.05, 4.69) is 10.6 Å². The standard InChI is InChI=1S/C15H20FN3O2/c16-12-4-3-5-13(10-12)18-14(20)11-17-7-6-15(21)19-8-1-2-9-19/h3-5,10,17H,1-2,6-9,11H2,(H,18,20). The zero-order valence-electron chi connectivity index (χ0n) is 11.9. The van der Waals surface area contributed by atoms with Gasteiger partial charge in [0.15, 0.2) is 0 Å². The molecule has 0 atom stereocenters. The van der Waals surface area contributed by atoms with E-state index < -0.39 is 5.82 Å². The van der Waals surface area contributed by atoms with Crippen LogP contribution in [0.3, 0.4) is 0 Å². The average Bonchev–Trinajstić information content (AvgIpc) is 2.97. The van der Waals surface area contributed by atoms with Gasteiger partial charge in [-0.15, -0.1) is 0 Å². The molecule has 1 aromatic carbocycles. The molecule has 1 aliphatic rings. The van der Waals surface area contributed by atoms with Crippen molar-refractivity contribution in [3.8, 4) is 0 Å². The molecule has 0 spiro atoms. The first-order valence-corrected chi connectivity index (χ1v) is 7.19. The van der Waals surface area contributed by atoms with Crippen molar-refractivity contribution in [2.45, 2.75) is 19.3 Å². The van der Waals surface area contributed by atoms with Crippen LogP contribution in [-0.4, -0.2) is 42.9 Å². The van der Waals surface area contributed by atoms with E-state index in [4.69, 9.17) is 0 Å². The molecule has 0 unspecified atom stereocenters. The van der Waals surface area contributed by atoms with E-state index in [1.165, 1.54) is 18.2 Å². The highest BCUT2D eigenvalue weighted by molar-refractivity contribution is 5.92. The summed E-state index contributed by atoms with van der Waals surface area (Å²) in [7, 11) is 0. The molecule has 0 aromatic heterocycles. The molecule has 2 N–H and O–H groups in total. The minimum atomic E-state index is -0.392. The summed E-state index contributed by atoms with van der Waals surface area (Å²) >= 11 is 0. The van der Waals surface area contributed by atoms with Gasteiger partial charge in [-0.3, -0.25) is 9.59 Å². The first kappa shape index (κ1) is 15.4. The van der Waals surface area contributed by atoms with E-state index in [9.17, 15) is 14.0 Å². The number of carbonyl (C=O) groups excluding carboxylic acids is 2. The highest BCUT2D eigenvalue weighted by atomic mass is 19.1. The summed E-state index contributed by atoms with van der Waals surface area (Å²) in [5.74, 6) is -0.517. The van der Waals surface area contributed by atoms with Crippen LogP contribution in [0, 0.1) is 5.82 Å². The monoisotopic (exact) mass is 293 g/mol. The van der Waals surface area contributed by atoms with Crippen LogP contribution in [0.2, 0.25) is 0 Å². The third-order valence-electron chi connectivity index (χ3n) is 3.37. The van der Waals surface area contributed by atoms with Gasteiger partial charge >= 0.3 is 0 Å². The molecule has 0 saturated carbocycles. The van der Waals surface area contributed by atoms with Crippen molar-refractivity contribution in [1.82, 2.24) is 10.2 Å². The number of halogens is 1. The Morgan fingerprint density at radius 2 is 2.00 bits per heavy atom. The largest absolute Gasteiger partial charge is 0.343 e. The number of hydrogen-bond donors (Lipinski definition) is 2. The lowest BCUT2D eigenvalue weighted by Gasteiger charge is -2.15. The number of rotatable bonds is 6. The number of amides is 2. The first-order chi connectivity index (χ1) is 10.1. The van der Waals surface area contributed by atoms with Crippen LogP contribution < -0.4 is 10.6 Å². The molecule has 0 radical (unpaired) electrons. The first-order valence-electron chi connectivity index (χ1n) is 7.19. The Hall–Kier alpha value is -1.95. The summed E-state index contributed by atoms with van der Waals surface area (Å²) in [6.45, 7) is 2.26. The van der Waals surface area contributed by atoms with Crippen LogP contribution >= 0.6 is 0 Å². The number of nitrogens with zero attached hydrogens (tertiary/aromatic N) is 1. The van der Waals surface area contributed by atoms with Crippen molar-refractivity contribution >= 4 is 17.5 Å². The van der Waals surface area contributed by atoms with Crippen LogP contribution in [-0.2, 0) is 9.59 Å². The number of likely N-dealkylation sites (tertiary alicyclic amines) is 1. The molecule has 114 valence electrons. The maximum absolute atomic E-state index is 13.0. The topological polar surface area (TPSA) is 61.4 Å². The third-order valence-corrected chi connectivity index (χ3v) is 3.37. The van der Waals surface area contributed by atoms with Gasteiger partial charge in [-0.2, -0.15) is 0 Å². The summed E-state index contributed by atoms with van der Waals surface area (Å²) in [5, 5.41) is 5.51. The van der Waals surface area contributed by atoms with Crippen LogP contribution in [0.1, 0.15) is 19.3 Å². The second-order valence-corrected chi connectivity index (χ2v) is 5.07. The molecule has 6 heteroatoms. The second-order valence-electron chi connectivity index (χ2n) is 5.07. The predicted molar refractivity (Wildman–Crippen MR) is 78.3 cm³/mol. The Morgan fingerprint density at radius 3 is 2.71 bits per heavy atom. The quantitative estimate of drug-likeness (QED) is 0.779. The highest BCUT2D eigenvalue weighted by Gasteiger charge is 2.16. The average molecular weight is 293 g/mol. The van der Waals surface area contributed by atoms with Crippen molar-refractivity contribution in [2.75, 3.05) is 31.5 Å². The molecule has 2 amide bonds. The zero-order valence-corrected chi connectivity index (χ0v) is 11.9. The summed E-state index contributed by atoms with van der Waals surface area (Å²) < 4.78 is 13.0. The van der Waals surface area contributed by atoms with E-state index in [0.717, 1.165) is 25.9 Å². The van der Waals surface area contributed by atoms with E-state index in [-0.39, 0.29) is 18.4 Å². The van der Waals surface area contributed by atoms with Gasteiger partial charge < -0.3 is 15.5 Å². The summed E-state index contributed by atoms with van der Waals surface area (Å²) in [4.78, 5) is 25.3. The lowest BCUT2D eigenvalue weighted by atomic mass is 10.3.